The summed E-state index contributed by atoms with van der Waals surface area (Å²) in [4.78, 5) is 4.72. The monoisotopic (exact) mass is 511 g/mol. The van der Waals surface area contributed by atoms with Gasteiger partial charge in [-0.1, -0.05) is 36.4 Å². The summed E-state index contributed by atoms with van der Waals surface area (Å²) < 4.78 is 11.2. The molecular weight excluding hydrogens is 477 g/mol. The minimum Gasteiger partial charge on any atom is -0.381 e. The van der Waals surface area contributed by atoms with Crippen molar-refractivity contribution in [2.24, 2.45) is 10.9 Å². The average Bonchev–Trinajstić information content (AvgIpc) is 2.75. The third kappa shape index (κ3) is 8.48. The van der Waals surface area contributed by atoms with Crippen LogP contribution in [0.5, 0.6) is 0 Å². The van der Waals surface area contributed by atoms with Gasteiger partial charge in [0, 0.05) is 39.5 Å². The summed E-state index contributed by atoms with van der Waals surface area (Å²) in [5.41, 5.74) is 1.22. The summed E-state index contributed by atoms with van der Waals surface area (Å²) in [6.07, 6.45) is 3.23. The minimum atomic E-state index is 0. The largest absolute Gasteiger partial charge is 0.381 e. The molecule has 0 bridgehead atoms. The van der Waals surface area contributed by atoms with Crippen molar-refractivity contribution < 1.29 is 9.47 Å². The molecule has 3 rings (SSSR count). The van der Waals surface area contributed by atoms with Gasteiger partial charge in [0.15, 0.2) is 5.96 Å². The Bertz CT molecular complexity index is 748. The van der Waals surface area contributed by atoms with Gasteiger partial charge in [-0.25, -0.2) is 4.99 Å². The molecule has 1 saturated heterocycles. The van der Waals surface area contributed by atoms with E-state index in [1.54, 1.807) is 0 Å². The molecule has 0 atom stereocenters. The van der Waals surface area contributed by atoms with E-state index in [2.05, 4.69) is 60.0 Å². The number of hydrogen-bond donors (Lipinski definition) is 2. The second-order valence-corrected chi connectivity index (χ2v) is 7.29. The maximum Gasteiger partial charge on any atom is 0.191 e. The average molecular weight is 511 g/mol. The number of hydrogen-bond acceptors (Lipinski definition) is 3. The summed E-state index contributed by atoms with van der Waals surface area (Å²) in [6, 6.07) is 15.0. The van der Waals surface area contributed by atoms with E-state index in [9.17, 15) is 0 Å². The molecule has 1 heterocycles. The fourth-order valence-electron chi connectivity index (χ4n) is 3.39. The van der Waals surface area contributed by atoms with Gasteiger partial charge in [-0.05, 0) is 54.5 Å². The molecule has 2 N–H and O–H groups in total. The van der Waals surface area contributed by atoms with Crippen molar-refractivity contribution in [3.05, 3.63) is 48.0 Å². The Kier molecular flexibility index (Phi) is 11.3. The van der Waals surface area contributed by atoms with Crippen molar-refractivity contribution in [1.82, 2.24) is 10.6 Å². The van der Waals surface area contributed by atoms with Gasteiger partial charge >= 0.3 is 0 Å². The molecule has 0 spiro atoms. The van der Waals surface area contributed by atoms with Gasteiger partial charge < -0.3 is 20.1 Å². The number of nitrogens with one attached hydrogen (secondary N) is 2. The Hall–Kier alpha value is -1.38. The Morgan fingerprint density at radius 2 is 1.90 bits per heavy atom. The zero-order valence-corrected chi connectivity index (χ0v) is 19.7. The summed E-state index contributed by atoms with van der Waals surface area (Å²) >= 11 is 0. The van der Waals surface area contributed by atoms with Crippen LogP contribution in [-0.2, 0) is 16.0 Å². The molecule has 0 saturated carbocycles. The van der Waals surface area contributed by atoms with Crippen LogP contribution in [-0.4, -0.2) is 45.5 Å². The first-order chi connectivity index (χ1) is 13.8. The molecule has 1 aliphatic heterocycles. The summed E-state index contributed by atoms with van der Waals surface area (Å²) in [5, 5.41) is 9.25. The van der Waals surface area contributed by atoms with E-state index in [0.717, 1.165) is 64.7 Å². The van der Waals surface area contributed by atoms with Gasteiger partial charge in [-0.3, -0.25) is 0 Å². The topological polar surface area (TPSA) is 54.9 Å². The van der Waals surface area contributed by atoms with Gasteiger partial charge in [-0.2, -0.15) is 0 Å². The van der Waals surface area contributed by atoms with Crippen LogP contribution in [0.3, 0.4) is 0 Å². The molecule has 6 heteroatoms. The molecule has 0 radical (unpaired) electrons. The third-order valence-corrected chi connectivity index (χ3v) is 5.03. The Morgan fingerprint density at radius 3 is 2.69 bits per heavy atom. The van der Waals surface area contributed by atoms with E-state index < -0.39 is 0 Å². The predicted molar refractivity (Wildman–Crippen MR) is 131 cm³/mol. The van der Waals surface area contributed by atoms with Crippen molar-refractivity contribution in [3.63, 3.8) is 0 Å². The van der Waals surface area contributed by atoms with Crippen molar-refractivity contribution in [3.8, 4) is 0 Å². The molecule has 0 aromatic heterocycles. The number of fused-ring (bicyclic) bond motifs is 1. The predicted octanol–water partition coefficient (Wildman–Crippen LogP) is 4.35. The molecule has 2 aromatic rings. The smallest absolute Gasteiger partial charge is 0.191 e. The lowest BCUT2D eigenvalue weighted by atomic mass is 10.0. The zero-order chi connectivity index (χ0) is 19.4. The highest BCUT2D eigenvalue weighted by Gasteiger charge is 2.13. The molecule has 1 fully saturated rings. The lowest BCUT2D eigenvalue weighted by Crippen LogP contribution is -2.38. The lowest BCUT2D eigenvalue weighted by Gasteiger charge is -2.21. The van der Waals surface area contributed by atoms with Crippen molar-refractivity contribution in [1.29, 1.82) is 0 Å². The van der Waals surface area contributed by atoms with Crippen LogP contribution in [0.2, 0.25) is 0 Å². The van der Waals surface area contributed by atoms with Crippen molar-refractivity contribution in [2.45, 2.75) is 32.7 Å². The first-order valence-corrected chi connectivity index (χ1v) is 10.5. The molecule has 5 nitrogen and oxygen atoms in total. The Balaban J connectivity index is 0.00000300. The fourth-order valence-corrected chi connectivity index (χ4v) is 3.39. The first-order valence-electron chi connectivity index (χ1n) is 10.5. The minimum absolute atomic E-state index is 0. The number of aliphatic imine (C=N–C) groups is 1. The van der Waals surface area contributed by atoms with Gasteiger partial charge in [0.05, 0.1) is 6.54 Å². The van der Waals surface area contributed by atoms with Crippen LogP contribution >= 0.6 is 24.0 Å². The second-order valence-electron chi connectivity index (χ2n) is 7.29. The molecule has 1 aliphatic rings. The first kappa shape index (κ1) is 23.9. The van der Waals surface area contributed by atoms with E-state index in [-0.39, 0.29) is 24.0 Å². The lowest BCUT2D eigenvalue weighted by molar-refractivity contribution is 0.0203. The van der Waals surface area contributed by atoms with Crippen LogP contribution in [0.4, 0.5) is 0 Å². The van der Waals surface area contributed by atoms with Crippen molar-refractivity contribution in [2.75, 3.05) is 39.5 Å². The van der Waals surface area contributed by atoms with Crippen LogP contribution in [0.15, 0.2) is 47.5 Å². The molecule has 0 amide bonds. The summed E-state index contributed by atoms with van der Waals surface area (Å²) in [6.45, 7) is 7.88. The van der Waals surface area contributed by atoms with E-state index in [4.69, 9.17) is 14.5 Å². The standard InChI is InChI=1S/C23H33N3O2.HI/c1-2-24-23(25-12-5-13-28-18-19-10-14-27-15-11-19)26-17-20-8-9-21-6-3-4-7-22(21)16-20;/h3-4,6-9,16,19H,2,5,10-15,17-18H2,1H3,(H2,24,25,26);1H. The highest BCUT2D eigenvalue weighted by molar-refractivity contribution is 14.0. The molecular formula is C23H34IN3O2. The number of guanidine groups is 1. The number of rotatable bonds is 9. The van der Waals surface area contributed by atoms with Crippen LogP contribution in [0, 0.1) is 5.92 Å². The van der Waals surface area contributed by atoms with Gasteiger partial charge in [0.1, 0.15) is 0 Å². The number of halogens is 1. The Labute approximate surface area is 191 Å². The molecule has 0 unspecified atom stereocenters. The van der Waals surface area contributed by atoms with Crippen molar-refractivity contribution >= 4 is 40.7 Å². The van der Waals surface area contributed by atoms with Crippen LogP contribution in [0.25, 0.3) is 10.8 Å². The van der Waals surface area contributed by atoms with E-state index in [1.807, 2.05) is 0 Å². The normalized spacial score (nSPS) is 15.1. The third-order valence-electron chi connectivity index (χ3n) is 5.03. The van der Waals surface area contributed by atoms with E-state index >= 15 is 0 Å². The van der Waals surface area contributed by atoms with Gasteiger partial charge in [0.25, 0.3) is 0 Å². The Morgan fingerprint density at radius 1 is 1.10 bits per heavy atom. The molecule has 0 aliphatic carbocycles. The number of benzene rings is 2. The number of nitrogens with zero attached hydrogens (tertiary/aromatic N) is 1. The molecule has 160 valence electrons. The van der Waals surface area contributed by atoms with E-state index in [1.165, 1.54) is 16.3 Å². The molecule has 29 heavy (non-hydrogen) atoms. The maximum atomic E-state index is 5.83. The number of ether oxygens (including phenoxy) is 2. The second kappa shape index (κ2) is 13.8. The zero-order valence-electron chi connectivity index (χ0n) is 17.4. The van der Waals surface area contributed by atoms with Crippen LogP contribution < -0.4 is 10.6 Å². The quantitative estimate of drug-likeness (QED) is 0.228. The van der Waals surface area contributed by atoms with Gasteiger partial charge in [-0.15, -0.1) is 24.0 Å². The maximum absolute atomic E-state index is 5.83. The van der Waals surface area contributed by atoms with Crippen LogP contribution in [0.1, 0.15) is 31.7 Å². The fraction of sp³-hybridized carbons (Fsp3) is 0.522. The van der Waals surface area contributed by atoms with Gasteiger partial charge in [0.2, 0.25) is 0 Å². The van der Waals surface area contributed by atoms with E-state index in [0.29, 0.717) is 12.5 Å². The summed E-state index contributed by atoms with van der Waals surface area (Å²) in [7, 11) is 0. The highest BCUT2D eigenvalue weighted by atomic mass is 127. The highest BCUT2D eigenvalue weighted by Crippen LogP contribution is 2.16. The molecule has 2 aromatic carbocycles. The summed E-state index contributed by atoms with van der Waals surface area (Å²) in [5.74, 6) is 1.53. The SMILES string of the molecule is CCNC(=NCc1ccc2ccccc2c1)NCCCOCC1CCOCC1.I.